The number of nitrogens with zero attached hydrogens (tertiary/aromatic N) is 1. The molecule has 0 amide bonds. The van der Waals surface area contributed by atoms with E-state index in [0.717, 1.165) is 11.3 Å². The molecule has 1 aliphatic heterocycles. The van der Waals surface area contributed by atoms with Gasteiger partial charge in [0.25, 0.3) is 0 Å². The summed E-state index contributed by atoms with van der Waals surface area (Å²) in [5.74, 6) is 0.873. The summed E-state index contributed by atoms with van der Waals surface area (Å²) in [6.45, 7) is 2.47. The van der Waals surface area contributed by atoms with Gasteiger partial charge in [-0.05, 0) is 23.8 Å². The first-order valence-electron chi connectivity index (χ1n) is 6.71. The fourth-order valence-electron chi connectivity index (χ4n) is 2.44. The predicted molar refractivity (Wildman–Crippen MR) is 81.3 cm³/mol. The molecule has 0 radical (unpaired) electrons. The van der Waals surface area contributed by atoms with E-state index in [-0.39, 0.29) is 5.92 Å². The molecule has 2 aromatic rings. The number of hydrogen-bond donors (Lipinski definition) is 0. The van der Waals surface area contributed by atoms with Crippen LogP contribution in [0.4, 0.5) is 0 Å². The number of rotatable bonds is 2. The van der Waals surface area contributed by atoms with E-state index >= 15 is 0 Å². The van der Waals surface area contributed by atoms with Gasteiger partial charge in [0.15, 0.2) is 0 Å². The van der Waals surface area contributed by atoms with Crippen LogP contribution < -0.4 is 4.74 Å². The molecule has 2 nitrogen and oxygen atoms in total. The molecule has 0 saturated heterocycles. The Morgan fingerprint density at radius 2 is 2.10 bits per heavy atom. The molecule has 0 aliphatic carbocycles. The van der Waals surface area contributed by atoms with Gasteiger partial charge in [0, 0.05) is 11.1 Å². The van der Waals surface area contributed by atoms with Crippen LogP contribution in [0.15, 0.2) is 54.6 Å². The van der Waals surface area contributed by atoms with Crippen molar-refractivity contribution in [2.45, 2.75) is 6.92 Å². The largest absolute Gasteiger partial charge is 0.488 e. The van der Waals surface area contributed by atoms with E-state index in [0.29, 0.717) is 6.61 Å². The van der Waals surface area contributed by atoms with Gasteiger partial charge in [0.2, 0.25) is 0 Å². The van der Waals surface area contributed by atoms with Crippen LogP contribution in [0, 0.1) is 17.2 Å². The summed E-state index contributed by atoms with van der Waals surface area (Å²) in [6, 6.07) is 14.6. The first-order valence-corrected chi connectivity index (χ1v) is 6.71. The highest BCUT2D eigenvalue weighted by Gasteiger charge is 2.19. The molecule has 0 fully saturated rings. The number of benzene rings is 2. The zero-order valence-corrected chi connectivity index (χ0v) is 11.3. The Morgan fingerprint density at radius 1 is 1.25 bits per heavy atom. The van der Waals surface area contributed by atoms with Crippen LogP contribution in [0.3, 0.4) is 0 Å². The molecule has 1 atom stereocenters. The number of fused-ring (bicyclic) bond motifs is 3. The molecule has 1 heterocycles. The second-order valence-electron chi connectivity index (χ2n) is 4.94. The monoisotopic (exact) mass is 261 g/mol. The van der Waals surface area contributed by atoms with Gasteiger partial charge >= 0.3 is 0 Å². The van der Waals surface area contributed by atoms with Crippen molar-refractivity contribution in [1.82, 2.24) is 0 Å². The lowest BCUT2D eigenvalue weighted by Gasteiger charge is -2.03. The summed E-state index contributed by atoms with van der Waals surface area (Å²) in [6.07, 6.45) is 5.89. The van der Waals surface area contributed by atoms with E-state index in [9.17, 15) is 0 Å². The maximum Gasteiger partial charge on any atom is 0.128 e. The van der Waals surface area contributed by atoms with Gasteiger partial charge in [-0.2, -0.15) is 5.26 Å². The van der Waals surface area contributed by atoms with Crippen molar-refractivity contribution in [3.63, 3.8) is 0 Å². The molecule has 98 valence electrons. The Labute approximate surface area is 118 Å². The van der Waals surface area contributed by atoms with Crippen molar-refractivity contribution in [1.29, 1.82) is 5.26 Å². The maximum atomic E-state index is 8.78. The lowest BCUT2D eigenvalue weighted by atomic mass is 9.99. The van der Waals surface area contributed by atoms with Gasteiger partial charge in [0.1, 0.15) is 12.4 Å². The Bertz CT molecular complexity index is 750. The van der Waals surface area contributed by atoms with Gasteiger partial charge < -0.3 is 4.74 Å². The van der Waals surface area contributed by atoms with Gasteiger partial charge in [-0.25, -0.2) is 0 Å². The maximum absolute atomic E-state index is 8.78. The molecular weight excluding hydrogens is 246 g/mol. The normalized spacial score (nSPS) is 17.1. The van der Waals surface area contributed by atoms with Crippen LogP contribution in [-0.2, 0) is 0 Å². The van der Waals surface area contributed by atoms with Gasteiger partial charge in [0.05, 0.1) is 12.0 Å². The molecule has 3 rings (SSSR count). The van der Waals surface area contributed by atoms with E-state index in [2.05, 4.69) is 24.3 Å². The highest BCUT2D eigenvalue weighted by Crippen LogP contribution is 2.38. The first kappa shape index (κ1) is 12.5. The quantitative estimate of drug-likeness (QED) is 0.806. The van der Waals surface area contributed by atoms with Crippen LogP contribution in [0.1, 0.15) is 12.5 Å². The minimum Gasteiger partial charge on any atom is -0.488 e. The first-order chi connectivity index (χ1) is 9.79. The number of allylic oxidation sites excluding steroid dienone is 3. The van der Waals surface area contributed by atoms with Crippen LogP contribution >= 0.6 is 0 Å². The van der Waals surface area contributed by atoms with E-state index in [1.165, 1.54) is 16.3 Å². The van der Waals surface area contributed by atoms with Crippen LogP contribution in [-0.4, -0.2) is 6.61 Å². The fourth-order valence-corrected chi connectivity index (χ4v) is 2.44. The lowest BCUT2D eigenvalue weighted by Crippen LogP contribution is -1.87. The molecule has 0 aromatic heterocycles. The van der Waals surface area contributed by atoms with Crippen LogP contribution in [0.25, 0.3) is 16.3 Å². The van der Waals surface area contributed by atoms with Crippen molar-refractivity contribution in [3.8, 4) is 11.8 Å². The summed E-state index contributed by atoms with van der Waals surface area (Å²) in [7, 11) is 0. The summed E-state index contributed by atoms with van der Waals surface area (Å²) >= 11 is 0. The van der Waals surface area contributed by atoms with E-state index in [1.807, 2.05) is 43.4 Å². The Balaban J connectivity index is 2.05. The number of ether oxygens (including phenoxy) is 1. The molecule has 2 heteroatoms. The summed E-state index contributed by atoms with van der Waals surface area (Å²) in [4.78, 5) is 0. The molecule has 0 unspecified atom stereocenters. The highest BCUT2D eigenvalue weighted by atomic mass is 16.5. The lowest BCUT2D eigenvalue weighted by molar-refractivity contribution is 0.388. The molecule has 20 heavy (non-hydrogen) atoms. The summed E-state index contributed by atoms with van der Waals surface area (Å²) in [5, 5.41) is 11.2. The van der Waals surface area contributed by atoms with Crippen molar-refractivity contribution < 1.29 is 4.74 Å². The van der Waals surface area contributed by atoms with Crippen LogP contribution in [0.5, 0.6) is 5.75 Å². The third-order valence-electron chi connectivity index (χ3n) is 3.50. The SMILES string of the molecule is C[C@@H](C#N)/C=C/C=C1\COc2ccc3ccccc3c21. The van der Waals surface area contributed by atoms with E-state index < -0.39 is 0 Å². The average molecular weight is 261 g/mol. The van der Waals surface area contributed by atoms with Crippen molar-refractivity contribution >= 4 is 16.3 Å². The Morgan fingerprint density at radius 3 is 2.95 bits per heavy atom. The average Bonchev–Trinajstić information content (AvgIpc) is 2.91. The van der Waals surface area contributed by atoms with Gasteiger partial charge in [-0.15, -0.1) is 0 Å². The second-order valence-corrected chi connectivity index (χ2v) is 4.94. The van der Waals surface area contributed by atoms with E-state index in [1.54, 1.807) is 0 Å². The summed E-state index contributed by atoms with van der Waals surface area (Å²) in [5.41, 5.74) is 2.34. The fraction of sp³-hybridized carbons (Fsp3) is 0.167. The Hall–Kier alpha value is -2.53. The van der Waals surface area contributed by atoms with E-state index in [4.69, 9.17) is 10.00 Å². The zero-order valence-electron chi connectivity index (χ0n) is 11.3. The molecule has 0 N–H and O–H groups in total. The van der Waals surface area contributed by atoms with Crippen molar-refractivity contribution in [3.05, 3.63) is 60.2 Å². The molecule has 0 bridgehead atoms. The molecular formula is C18H15NO. The third-order valence-corrected chi connectivity index (χ3v) is 3.50. The molecule has 1 aliphatic rings. The predicted octanol–water partition coefficient (Wildman–Crippen LogP) is 4.33. The minimum atomic E-state index is -0.0684. The summed E-state index contributed by atoms with van der Waals surface area (Å²) < 4.78 is 5.74. The Kier molecular flexibility index (Phi) is 3.26. The van der Waals surface area contributed by atoms with Gasteiger partial charge in [-0.3, -0.25) is 0 Å². The smallest absolute Gasteiger partial charge is 0.128 e. The van der Waals surface area contributed by atoms with Crippen molar-refractivity contribution in [2.24, 2.45) is 5.92 Å². The second kappa shape index (κ2) is 5.22. The number of nitriles is 1. The number of hydrogen-bond acceptors (Lipinski definition) is 2. The van der Waals surface area contributed by atoms with Gasteiger partial charge in [-0.1, -0.05) is 48.6 Å². The molecule has 2 aromatic carbocycles. The van der Waals surface area contributed by atoms with Crippen molar-refractivity contribution in [2.75, 3.05) is 6.61 Å². The topological polar surface area (TPSA) is 33.0 Å². The standard InChI is InChI=1S/C18H15NO/c1-13(11-19)5-4-7-15-12-20-17-10-9-14-6-2-3-8-16(14)18(15)17/h2-10,13H,12H2,1H3/b5-4+,15-7+/t13-/m1/s1. The third kappa shape index (κ3) is 2.19. The minimum absolute atomic E-state index is 0.0684. The molecule has 0 saturated carbocycles. The molecule has 0 spiro atoms. The van der Waals surface area contributed by atoms with Crippen LogP contribution in [0.2, 0.25) is 0 Å². The zero-order chi connectivity index (χ0) is 13.9. The highest BCUT2D eigenvalue weighted by molar-refractivity contribution is 5.98.